The number of aromatic nitrogens is 2. The van der Waals surface area contributed by atoms with Crippen LogP contribution < -0.4 is 4.74 Å². The Hall–Kier alpha value is -2.19. The van der Waals surface area contributed by atoms with Crippen LogP contribution in [0.1, 0.15) is 16.2 Å². The normalized spacial score (nSPS) is 10.5. The van der Waals surface area contributed by atoms with Crippen LogP contribution in [0, 0.1) is 0 Å². The lowest BCUT2D eigenvalue weighted by Crippen LogP contribution is -2.05. The van der Waals surface area contributed by atoms with Gasteiger partial charge in [-0.3, -0.25) is 0 Å². The van der Waals surface area contributed by atoms with Crippen molar-refractivity contribution in [1.29, 1.82) is 0 Å². The largest absolute Gasteiger partial charge is 0.497 e. The minimum Gasteiger partial charge on any atom is -0.497 e. The Labute approximate surface area is 144 Å². The highest BCUT2D eigenvalue weighted by Crippen LogP contribution is 2.30. The van der Waals surface area contributed by atoms with Crippen LogP contribution in [0.2, 0.25) is 0 Å². The molecule has 2 heterocycles. The molecular weight excluding hydrogens is 384 g/mol. The smallest absolute Gasteiger partial charge is 0.338 e. The molecule has 3 aromatic rings. The number of nitrogens with zero attached hydrogens (tertiary/aromatic N) is 2. The number of carbonyl (C=O) groups excluding carboxylic acids is 1. The minimum absolute atomic E-state index is 0.0790. The average molecular weight is 395 g/mol. The molecule has 3 rings (SSSR count). The summed E-state index contributed by atoms with van der Waals surface area (Å²) in [7, 11) is 1.56. The maximum absolute atomic E-state index is 11.9. The number of ether oxygens (including phenoxy) is 2. The zero-order valence-electron chi connectivity index (χ0n) is 12.0. The van der Waals surface area contributed by atoms with Crippen molar-refractivity contribution in [3.8, 4) is 16.5 Å². The van der Waals surface area contributed by atoms with E-state index >= 15 is 0 Å². The van der Waals surface area contributed by atoms with Crippen LogP contribution >= 0.6 is 27.3 Å². The molecule has 0 radical (unpaired) electrons. The predicted octanol–water partition coefficient (Wildman–Crippen LogP) is 3.93. The highest BCUT2D eigenvalue weighted by molar-refractivity contribution is 9.11. The fourth-order valence-electron chi connectivity index (χ4n) is 1.78. The van der Waals surface area contributed by atoms with E-state index < -0.39 is 5.97 Å². The van der Waals surface area contributed by atoms with E-state index in [9.17, 15) is 4.79 Å². The van der Waals surface area contributed by atoms with E-state index in [-0.39, 0.29) is 12.5 Å². The summed E-state index contributed by atoms with van der Waals surface area (Å²) in [5.41, 5.74) is 0.424. The van der Waals surface area contributed by atoms with Gasteiger partial charge in [0.15, 0.2) is 6.61 Å². The molecule has 1 aromatic carbocycles. The molecule has 8 heteroatoms. The molecule has 118 valence electrons. The van der Waals surface area contributed by atoms with Crippen molar-refractivity contribution >= 4 is 33.2 Å². The number of hydrogen-bond donors (Lipinski definition) is 0. The number of hydrogen-bond acceptors (Lipinski definition) is 7. The first-order valence-electron chi connectivity index (χ1n) is 6.55. The molecule has 0 spiro atoms. The molecule has 0 aliphatic carbocycles. The van der Waals surface area contributed by atoms with Crippen molar-refractivity contribution in [3.05, 3.63) is 51.6 Å². The number of thiophene rings is 1. The van der Waals surface area contributed by atoms with Crippen LogP contribution in [-0.2, 0) is 11.3 Å². The van der Waals surface area contributed by atoms with Gasteiger partial charge in [-0.15, -0.1) is 21.5 Å². The Morgan fingerprint density at radius 1 is 1.22 bits per heavy atom. The van der Waals surface area contributed by atoms with Gasteiger partial charge < -0.3 is 13.9 Å². The van der Waals surface area contributed by atoms with E-state index in [1.54, 1.807) is 31.4 Å². The van der Waals surface area contributed by atoms with Crippen molar-refractivity contribution in [2.45, 2.75) is 6.61 Å². The van der Waals surface area contributed by atoms with Crippen LogP contribution in [0.3, 0.4) is 0 Å². The second-order valence-corrected chi connectivity index (χ2v) is 6.87. The van der Waals surface area contributed by atoms with Crippen LogP contribution in [0.5, 0.6) is 5.75 Å². The summed E-state index contributed by atoms with van der Waals surface area (Å²) in [6.45, 7) is -0.0790. The van der Waals surface area contributed by atoms with Gasteiger partial charge >= 0.3 is 5.97 Å². The summed E-state index contributed by atoms with van der Waals surface area (Å²) < 4.78 is 16.6. The van der Waals surface area contributed by atoms with Crippen molar-refractivity contribution < 1.29 is 18.7 Å². The lowest BCUT2D eigenvalue weighted by molar-refractivity contribution is 0.0438. The first kappa shape index (κ1) is 15.7. The van der Waals surface area contributed by atoms with Gasteiger partial charge in [0, 0.05) is 0 Å². The Morgan fingerprint density at radius 3 is 2.65 bits per heavy atom. The second-order valence-electron chi connectivity index (χ2n) is 4.41. The number of carbonyl (C=O) groups is 1. The van der Waals surface area contributed by atoms with Gasteiger partial charge in [0.1, 0.15) is 5.75 Å². The van der Waals surface area contributed by atoms with E-state index in [1.807, 2.05) is 12.1 Å². The van der Waals surface area contributed by atoms with E-state index in [1.165, 1.54) is 11.3 Å². The number of rotatable bonds is 5. The lowest BCUT2D eigenvalue weighted by atomic mass is 10.2. The minimum atomic E-state index is -0.466. The summed E-state index contributed by atoms with van der Waals surface area (Å²) in [5.74, 6) is 0.846. The van der Waals surface area contributed by atoms with Gasteiger partial charge in [-0.2, -0.15) is 0 Å². The van der Waals surface area contributed by atoms with Gasteiger partial charge in [0.25, 0.3) is 11.8 Å². The maximum atomic E-state index is 11.9. The van der Waals surface area contributed by atoms with Crippen molar-refractivity contribution in [3.63, 3.8) is 0 Å². The third kappa shape index (κ3) is 3.77. The SMILES string of the molecule is COc1ccc(C(=O)OCc2nnc(-c3ccc(Br)s3)o2)cc1. The second kappa shape index (κ2) is 6.93. The Morgan fingerprint density at radius 2 is 2.00 bits per heavy atom. The molecule has 6 nitrogen and oxygen atoms in total. The monoisotopic (exact) mass is 394 g/mol. The number of benzene rings is 1. The quantitative estimate of drug-likeness (QED) is 0.610. The first-order valence-corrected chi connectivity index (χ1v) is 8.16. The lowest BCUT2D eigenvalue weighted by Gasteiger charge is -2.03. The van der Waals surface area contributed by atoms with Crippen LogP contribution in [0.4, 0.5) is 0 Å². The molecule has 0 unspecified atom stereocenters. The molecule has 0 N–H and O–H groups in total. The summed E-state index contributed by atoms with van der Waals surface area (Å²) in [5, 5.41) is 7.81. The zero-order valence-corrected chi connectivity index (χ0v) is 14.4. The molecule has 23 heavy (non-hydrogen) atoms. The number of methoxy groups -OCH3 is 1. The van der Waals surface area contributed by atoms with Crippen molar-refractivity contribution in [1.82, 2.24) is 10.2 Å². The molecular formula is C15H11BrN2O4S. The van der Waals surface area contributed by atoms with Crippen molar-refractivity contribution in [2.24, 2.45) is 0 Å². The molecule has 0 aliphatic rings. The van der Waals surface area contributed by atoms with E-state index in [2.05, 4.69) is 26.1 Å². The molecule has 0 atom stereocenters. The zero-order chi connectivity index (χ0) is 16.2. The van der Waals surface area contributed by atoms with Gasteiger partial charge in [-0.1, -0.05) is 0 Å². The molecule has 2 aromatic heterocycles. The summed E-state index contributed by atoms with van der Waals surface area (Å²) in [6.07, 6.45) is 0. The summed E-state index contributed by atoms with van der Waals surface area (Å²) in [4.78, 5) is 12.8. The third-order valence-corrected chi connectivity index (χ3v) is 4.51. The van der Waals surface area contributed by atoms with Gasteiger partial charge in [-0.05, 0) is 52.3 Å². The van der Waals surface area contributed by atoms with E-state index in [4.69, 9.17) is 13.9 Å². The molecule has 0 saturated carbocycles. The average Bonchev–Trinajstić information content (AvgIpc) is 3.21. The highest BCUT2D eigenvalue weighted by Gasteiger charge is 2.13. The van der Waals surface area contributed by atoms with E-state index in [0.29, 0.717) is 17.2 Å². The van der Waals surface area contributed by atoms with Gasteiger partial charge in [0.05, 0.1) is 21.3 Å². The topological polar surface area (TPSA) is 74.5 Å². The first-order chi connectivity index (χ1) is 11.2. The van der Waals surface area contributed by atoms with Gasteiger partial charge in [-0.25, -0.2) is 4.79 Å². The Kier molecular flexibility index (Phi) is 4.73. The van der Waals surface area contributed by atoms with Crippen molar-refractivity contribution in [2.75, 3.05) is 7.11 Å². The fourth-order valence-corrected chi connectivity index (χ4v) is 3.09. The summed E-state index contributed by atoms with van der Waals surface area (Å²) >= 11 is 4.85. The molecule has 0 bridgehead atoms. The van der Waals surface area contributed by atoms with Crippen LogP contribution in [0.25, 0.3) is 10.8 Å². The Balaban J connectivity index is 1.61. The highest BCUT2D eigenvalue weighted by atomic mass is 79.9. The molecule has 0 saturated heterocycles. The Bertz CT molecular complexity index is 813. The van der Waals surface area contributed by atoms with Crippen LogP contribution in [0.15, 0.2) is 44.6 Å². The predicted molar refractivity (Wildman–Crippen MR) is 87.4 cm³/mol. The van der Waals surface area contributed by atoms with Crippen LogP contribution in [-0.4, -0.2) is 23.3 Å². The fraction of sp³-hybridized carbons (Fsp3) is 0.133. The standard InChI is InChI=1S/C15H11BrN2O4S/c1-20-10-4-2-9(3-5-10)15(19)21-8-13-17-18-14(22-13)11-6-7-12(16)23-11/h2-7H,8H2,1H3. The number of esters is 1. The maximum Gasteiger partial charge on any atom is 0.338 e. The summed E-state index contributed by atoms with van der Waals surface area (Å²) in [6, 6.07) is 10.4. The van der Waals surface area contributed by atoms with Gasteiger partial charge in [0.2, 0.25) is 0 Å². The van der Waals surface area contributed by atoms with E-state index in [0.717, 1.165) is 8.66 Å². The number of halogens is 1. The molecule has 0 aliphatic heterocycles. The molecule has 0 amide bonds. The third-order valence-electron chi connectivity index (χ3n) is 2.90. The molecule has 0 fully saturated rings.